The van der Waals surface area contributed by atoms with E-state index in [2.05, 4.69) is 69.9 Å². The van der Waals surface area contributed by atoms with Gasteiger partial charge in [0, 0.05) is 12.4 Å². The first-order valence-corrected chi connectivity index (χ1v) is 8.51. The molecule has 1 aromatic heterocycles. The van der Waals surface area contributed by atoms with Gasteiger partial charge in [-0.3, -0.25) is 4.98 Å². The molecule has 0 bridgehead atoms. The second kappa shape index (κ2) is 7.58. The largest absolute Gasteiger partial charge is 0.264 e. The molecule has 1 aromatic carbocycles. The number of benzene rings is 1. The van der Waals surface area contributed by atoms with Crippen LogP contribution in [0.3, 0.4) is 0 Å². The zero-order valence-electron chi connectivity index (χ0n) is 14.6. The van der Waals surface area contributed by atoms with Crippen LogP contribution >= 0.6 is 0 Å². The molecule has 1 nitrogen and oxygen atoms in total. The molecule has 22 heavy (non-hydrogen) atoms. The van der Waals surface area contributed by atoms with Gasteiger partial charge in [0.25, 0.3) is 0 Å². The Morgan fingerprint density at radius 1 is 1.00 bits per heavy atom. The van der Waals surface area contributed by atoms with Gasteiger partial charge in [0.15, 0.2) is 0 Å². The van der Waals surface area contributed by atoms with Crippen molar-refractivity contribution in [1.29, 1.82) is 0 Å². The summed E-state index contributed by atoms with van der Waals surface area (Å²) in [5.74, 6) is 1.86. The summed E-state index contributed by atoms with van der Waals surface area (Å²) in [6.45, 7) is 11.3. The summed E-state index contributed by atoms with van der Waals surface area (Å²) in [5.41, 5.74) is 5.50. The molecular weight excluding hydrogens is 266 g/mol. The van der Waals surface area contributed by atoms with Crippen molar-refractivity contribution in [1.82, 2.24) is 4.98 Å². The number of pyridine rings is 1. The highest BCUT2D eigenvalue weighted by atomic mass is 14.6. The summed E-state index contributed by atoms with van der Waals surface area (Å²) >= 11 is 0. The van der Waals surface area contributed by atoms with E-state index in [-0.39, 0.29) is 0 Å². The van der Waals surface area contributed by atoms with Gasteiger partial charge >= 0.3 is 0 Å². The lowest BCUT2D eigenvalue weighted by molar-refractivity contribution is 0.485. The maximum absolute atomic E-state index is 4.33. The van der Waals surface area contributed by atoms with Crippen molar-refractivity contribution in [3.05, 3.63) is 65.0 Å². The predicted molar refractivity (Wildman–Crippen MR) is 95.4 cm³/mol. The van der Waals surface area contributed by atoms with Crippen LogP contribution in [0, 0.1) is 12.8 Å². The highest BCUT2D eigenvalue weighted by Gasteiger charge is 2.14. The Balaban J connectivity index is 2.16. The third kappa shape index (κ3) is 4.19. The fourth-order valence-corrected chi connectivity index (χ4v) is 3.36. The molecule has 0 aliphatic heterocycles. The minimum atomic E-state index is 0.502. The quantitative estimate of drug-likeness (QED) is 0.648. The van der Waals surface area contributed by atoms with E-state index in [9.17, 15) is 0 Å². The molecule has 0 saturated carbocycles. The molecule has 1 heterocycles. The topological polar surface area (TPSA) is 12.9 Å². The normalized spacial score (nSPS) is 14.1. The van der Waals surface area contributed by atoms with Crippen molar-refractivity contribution in [3.8, 4) is 0 Å². The van der Waals surface area contributed by atoms with Crippen LogP contribution in [0.15, 0.2) is 42.7 Å². The van der Waals surface area contributed by atoms with Gasteiger partial charge in [-0.15, -0.1) is 0 Å². The van der Waals surface area contributed by atoms with E-state index in [1.54, 1.807) is 0 Å². The van der Waals surface area contributed by atoms with Gasteiger partial charge in [0.05, 0.1) is 0 Å². The van der Waals surface area contributed by atoms with E-state index >= 15 is 0 Å². The number of hydrogen-bond acceptors (Lipinski definition) is 1. The van der Waals surface area contributed by atoms with Crippen molar-refractivity contribution < 1.29 is 0 Å². The van der Waals surface area contributed by atoms with E-state index in [0.29, 0.717) is 17.8 Å². The highest BCUT2D eigenvalue weighted by Crippen LogP contribution is 2.29. The van der Waals surface area contributed by atoms with Crippen molar-refractivity contribution in [2.24, 2.45) is 5.92 Å². The first-order chi connectivity index (χ1) is 10.5. The zero-order valence-corrected chi connectivity index (χ0v) is 14.6. The lowest BCUT2D eigenvalue weighted by Crippen LogP contribution is -2.06. The minimum absolute atomic E-state index is 0.502. The number of hydrogen-bond donors (Lipinski definition) is 0. The van der Waals surface area contributed by atoms with Gasteiger partial charge in [0.1, 0.15) is 0 Å². The standard InChI is InChI=1S/C21H29N/c1-6-21(15(2)3)19-9-7-8-18(12-19)11-17(5)20-10-16(4)13-22-14-20/h7-10,12-15,17,21H,6,11H2,1-5H3/t17?,21-/m0/s1. The second-order valence-corrected chi connectivity index (χ2v) is 6.90. The third-order valence-electron chi connectivity index (χ3n) is 4.63. The minimum Gasteiger partial charge on any atom is -0.264 e. The highest BCUT2D eigenvalue weighted by molar-refractivity contribution is 5.29. The molecule has 0 radical (unpaired) electrons. The molecule has 0 aliphatic rings. The summed E-state index contributed by atoms with van der Waals surface area (Å²) in [6, 6.07) is 11.4. The fraction of sp³-hybridized carbons (Fsp3) is 0.476. The molecule has 0 amide bonds. The SMILES string of the molecule is CC[C@H](c1cccc(CC(C)c2cncc(C)c2)c1)C(C)C. The van der Waals surface area contributed by atoms with Crippen LogP contribution in [0.5, 0.6) is 0 Å². The number of aromatic nitrogens is 1. The number of aryl methyl sites for hydroxylation is 1. The van der Waals surface area contributed by atoms with Crippen molar-refractivity contribution in [3.63, 3.8) is 0 Å². The monoisotopic (exact) mass is 295 g/mol. The van der Waals surface area contributed by atoms with Gasteiger partial charge in [-0.2, -0.15) is 0 Å². The van der Waals surface area contributed by atoms with Crippen LogP contribution in [-0.4, -0.2) is 4.98 Å². The second-order valence-electron chi connectivity index (χ2n) is 6.90. The van der Waals surface area contributed by atoms with Crippen molar-refractivity contribution in [2.75, 3.05) is 0 Å². The van der Waals surface area contributed by atoms with Gasteiger partial charge < -0.3 is 0 Å². The number of nitrogens with zero attached hydrogens (tertiary/aromatic N) is 1. The van der Waals surface area contributed by atoms with Gasteiger partial charge in [-0.05, 0) is 59.8 Å². The maximum Gasteiger partial charge on any atom is 0.0302 e. The Bertz CT molecular complexity index is 600. The fourth-order valence-electron chi connectivity index (χ4n) is 3.36. The van der Waals surface area contributed by atoms with Crippen LogP contribution in [0.25, 0.3) is 0 Å². The lowest BCUT2D eigenvalue weighted by atomic mass is 9.84. The molecule has 0 spiro atoms. The van der Waals surface area contributed by atoms with Gasteiger partial charge in [-0.25, -0.2) is 0 Å². The Labute approximate surface area is 135 Å². The van der Waals surface area contributed by atoms with E-state index in [1.807, 2.05) is 12.4 Å². The van der Waals surface area contributed by atoms with Crippen LogP contribution in [0.4, 0.5) is 0 Å². The summed E-state index contributed by atoms with van der Waals surface area (Å²) in [6.07, 6.45) is 6.21. The first kappa shape index (κ1) is 16.7. The molecule has 0 saturated heterocycles. The Morgan fingerprint density at radius 3 is 2.41 bits per heavy atom. The van der Waals surface area contributed by atoms with E-state index < -0.39 is 0 Å². The molecular formula is C21H29N. The van der Waals surface area contributed by atoms with E-state index in [4.69, 9.17) is 0 Å². The van der Waals surface area contributed by atoms with Crippen LogP contribution in [0.2, 0.25) is 0 Å². The molecule has 0 fully saturated rings. The molecule has 1 heteroatoms. The van der Waals surface area contributed by atoms with Crippen LogP contribution in [-0.2, 0) is 6.42 Å². The predicted octanol–water partition coefficient (Wildman–Crippen LogP) is 5.89. The molecule has 2 rings (SSSR count). The van der Waals surface area contributed by atoms with E-state index in [1.165, 1.54) is 28.7 Å². The van der Waals surface area contributed by atoms with Gasteiger partial charge in [-0.1, -0.05) is 58.0 Å². The summed E-state index contributed by atoms with van der Waals surface area (Å²) < 4.78 is 0. The van der Waals surface area contributed by atoms with Crippen LogP contribution < -0.4 is 0 Å². The smallest absolute Gasteiger partial charge is 0.0302 e. The Kier molecular flexibility index (Phi) is 5.76. The lowest BCUT2D eigenvalue weighted by Gasteiger charge is -2.21. The Morgan fingerprint density at radius 2 is 1.77 bits per heavy atom. The number of rotatable bonds is 6. The molecule has 2 atom stereocenters. The van der Waals surface area contributed by atoms with Crippen LogP contribution in [0.1, 0.15) is 68.2 Å². The Hall–Kier alpha value is -1.63. The molecule has 0 aliphatic carbocycles. The first-order valence-electron chi connectivity index (χ1n) is 8.51. The van der Waals surface area contributed by atoms with Crippen molar-refractivity contribution >= 4 is 0 Å². The summed E-state index contributed by atoms with van der Waals surface area (Å²) in [7, 11) is 0. The summed E-state index contributed by atoms with van der Waals surface area (Å²) in [4.78, 5) is 4.33. The molecule has 118 valence electrons. The van der Waals surface area contributed by atoms with Crippen molar-refractivity contribution in [2.45, 2.75) is 59.3 Å². The zero-order chi connectivity index (χ0) is 16.1. The van der Waals surface area contributed by atoms with E-state index in [0.717, 1.165) is 6.42 Å². The van der Waals surface area contributed by atoms with Gasteiger partial charge in [0.2, 0.25) is 0 Å². The summed E-state index contributed by atoms with van der Waals surface area (Å²) in [5, 5.41) is 0. The molecule has 0 N–H and O–H groups in total. The molecule has 1 unspecified atom stereocenters. The average Bonchev–Trinajstić information content (AvgIpc) is 2.48. The average molecular weight is 295 g/mol. The maximum atomic E-state index is 4.33. The third-order valence-corrected chi connectivity index (χ3v) is 4.63. The molecule has 2 aromatic rings.